The predicted molar refractivity (Wildman–Crippen MR) is 75.8 cm³/mol. The van der Waals surface area contributed by atoms with Gasteiger partial charge in [0.1, 0.15) is 5.78 Å². The van der Waals surface area contributed by atoms with E-state index in [2.05, 4.69) is 5.10 Å². The molecule has 0 spiro atoms. The summed E-state index contributed by atoms with van der Waals surface area (Å²) in [6, 6.07) is 2.50. The lowest BCUT2D eigenvalue weighted by Crippen LogP contribution is -2.11. The van der Waals surface area contributed by atoms with Crippen molar-refractivity contribution in [1.82, 2.24) is 9.78 Å². The number of carbonyl (C=O) groups is 1. The summed E-state index contributed by atoms with van der Waals surface area (Å²) >= 11 is 0. The lowest BCUT2D eigenvalue weighted by Gasteiger charge is -2.08. The molecule has 0 saturated heterocycles. The first-order valence-corrected chi connectivity index (χ1v) is 7.42. The molecular weight excluding hydrogens is 256 g/mol. The van der Waals surface area contributed by atoms with Gasteiger partial charge >= 0.3 is 0 Å². The van der Waals surface area contributed by atoms with Gasteiger partial charge in [0.15, 0.2) is 0 Å². The zero-order valence-corrected chi connectivity index (χ0v) is 12.2. The first kappa shape index (κ1) is 15.2. The molecule has 5 heteroatoms. The number of hydrogen-bond acceptors (Lipinski definition) is 4. The van der Waals surface area contributed by atoms with Gasteiger partial charge in [0.2, 0.25) is 0 Å². The quantitative estimate of drug-likeness (QED) is 0.650. The Labute approximate surface area is 120 Å². The number of carbonyl (C=O) groups excluding carboxylic acids is 1. The molecule has 0 aliphatic heterocycles. The summed E-state index contributed by atoms with van der Waals surface area (Å²) in [4.78, 5) is 11.8. The third-order valence-electron chi connectivity index (χ3n) is 3.70. The minimum absolute atomic E-state index is 0.180. The van der Waals surface area contributed by atoms with Crippen LogP contribution in [0.4, 0.5) is 0 Å². The molecule has 2 rings (SSSR count). The summed E-state index contributed by atoms with van der Waals surface area (Å²) in [6.07, 6.45) is 7.86. The van der Waals surface area contributed by atoms with Crippen LogP contribution in [0.3, 0.4) is 0 Å². The Morgan fingerprint density at radius 2 is 2.15 bits per heavy atom. The average molecular weight is 280 g/mol. The fourth-order valence-electron chi connectivity index (χ4n) is 2.56. The molecule has 0 bridgehead atoms. The maximum atomic E-state index is 11.8. The summed E-state index contributed by atoms with van der Waals surface area (Å²) in [5.74, 6) is 0.180. The molecule has 20 heavy (non-hydrogen) atoms. The van der Waals surface area contributed by atoms with Gasteiger partial charge in [0.25, 0.3) is 0 Å². The molecule has 0 radical (unpaired) electrons. The van der Waals surface area contributed by atoms with Crippen LogP contribution in [-0.4, -0.2) is 42.5 Å². The third kappa shape index (κ3) is 4.72. The van der Waals surface area contributed by atoms with Crippen LogP contribution in [0.15, 0.2) is 12.3 Å². The minimum atomic E-state index is 0.180. The molecule has 0 aromatic carbocycles. The second-order valence-electron chi connectivity index (χ2n) is 5.30. The van der Waals surface area contributed by atoms with Crippen LogP contribution in [0.2, 0.25) is 0 Å². The Hall–Kier alpha value is -1.20. The van der Waals surface area contributed by atoms with Gasteiger partial charge in [-0.25, -0.2) is 0 Å². The Morgan fingerprint density at radius 1 is 1.35 bits per heavy atom. The number of aromatic nitrogens is 2. The molecule has 0 amide bonds. The zero-order chi connectivity index (χ0) is 14.2. The fraction of sp³-hybridized carbons (Fsp3) is 0.733. The minimum Gasteiger partial charge on any atom is -0.382 e. The van der Waals surface area contributed by atoms with Crippen LogP contribution in [-0.2, 0) is 20.7 Å². The van der Waals surface area contributed by atoms with Gasteiger partial charge in [-0.05, 0) is 18.9 Å². The average Bonchev–Trinajstić information content (AvgIpc) is 3.08. The Kier molecular flexibility index (Phi) is 6.21. The standard InChI is InChI=1S/C15H24N2O3/c1-19-10-11-20-9-7-15(18)12-13-6-8-17(16-13)14-4-2-3-5-14/h6,8,14H,2-5,7,9-12H2,1H3. The van der Waals surface area contributed by atoms with Crippen molar-refractivity contribution in [2.75, 3.05) is 26.9 Å². The molecule has 1 aromatic rings. The van der Waals surface area contributed by atoms with Crippen molar-refractivity contribution in [3.8, 4) is 0 Å². The van der Waals surface area contributed by atoms with Crippen LogP contribution >= 0.6 is 0 Å². The van der Waals surface area contributed by atoms with E-state index in [9.17, 15) is 4.79 Å². The van der Waals surface area contributed by atoms with Crippen LogP contribution in [0.25, 0.3) is 0 Å². The molecule has 112 valence electrons. The smallest absolute Gasteiger partial charge is 0.141 e. The van der Waals surface area contributed by atoms with Gasteiger partial charge in [-0.3, -0.25) is 9.48 Å². The largest absolute Gasteiger partial charge is 0.382 e. The summed E-state index contributed by atoms with van der Waals surface area (Å²) in [7, 11) is 1.63. The van der Waals surface area contributed by atoms with Crippen LogP contribution in [0.1, 0.15) is 43.8 Å². The third-order valence-corrected chi connectivity index (χ3v) is 3.70. The Bertz CT molecular complexity index is 411. The molecule has 1 fully saturated rings. The molecule has 0 atom stereocenters. The molecule has 5 nitrogen and oxygen atoms in total. The van der Waals surface area contributed by atoms with Crippen molar-refractivity contribution < 1.29 is 14.3 Å². The number of ether oxygens (including phenoxy) is 2. The SMILES string of the molecule is COCCOCCC(=O)Cc1ccn(C2CCCC2)n1. The highest BCUT2D eigenvalue weighted by atomic mass is 16.5. The topological polar surface area (TPSA) is 53.4 Å². The molecule has 1 aliphatic rings. The number of nitrogens with zero attached hydrogens (tertiary/aromatic N) is 2. The van der Waals surface area contributed by atoms with Gasteiger partial charge in [0, 0.05) is 19.7 Å². The van der Waals surface area contributed by atoms with Gasteiger partial charge < -0.3 is 9.47 Å². The molecule has 1 heterocycles. The van der Waals surface area contributed by atoms with Crippen LogP contribution in [0.5, 0.6) is 0 Å². The second kappa shape index (κ2) is 8.17. The van der Waals surface area contributed by atoms with Gasteiger partial charge in [-0.1, -0.05) is 12.8 Å². The molecule has 1 aliphatic carbocycles. The van der Waals surface area contributed by atoms with E-state index in [4.69, 9.17) is 9.47 Å². The maximum Gasteiger partial charge on any atom is 0.141 e. The molecule has 1 saturated carbocycles. The fourth-order valence-corrected chi connectivity index (χ4v) is 2.56. The van der Waals surface area contributed by atoms with E-state index in [0.29, 0.717) is 38.7 Å². The summed E-state index contributed by atoms with van der Waals surface area (Å²) in [5, 5.41) is 4.52. The first-order chi connectivity index (χ1) is 9.79. The Balaban J connectivity index is 1.68. The Morgan fingerprint density at radius 3 is 2.90 bits per heavy atom. The van der Waals surface area contributed by atoms with Gasteiger partial charge in [-0.15, -0.1) is 0 Å². The first-order valence-electron chi connectivity index (χ1n) is 7.42. The summed E-state index contributed by atoms with van der Waals surface area (Å²) in [5.41, 5.74) is 0.874. The number of ketones is 1. The van der Waals surface area contributed by atoms with Crippen molar-refractivity contribution in [3.63, 3.8) is 0 Å². The van der Waals surface area contributed by atoms with E-state index in [1.165, 1.54) is 25.7 Å². The van der Waals surface area contributed by atoms with Crippen molar-refractivity contribution in [2.24, 2.45) is 0 Å². The van der Waals surface area contributed by atoms with E-state index in [1.807, 2.05) is 16.9 Å². The van der Waals surface area contributed by atoms with Crippen molar-refractivity contribution >= 4 is 5.78 Å². The van der Waals surface area contributed by atoms with E-state index >= 15 is 0 Å². The lowest BCUT2D eigenvalue weighted by molar-refractivity contribution is -0.119. The van der Waals surface area contributed by atoms with E-state index in [0.717, 1.165) is 5.69 Å². The van der Waals surface area contributed by atoms with Crippen LogP contribution in [0, 0.1) is 0 Å². The number of methoxy groups -OCH3 is 1. The van der Waals surface area contributed by atoms with E-state index in [1.54, 1.807) is 7.11 Å². The van der Waals surface area contributed by atoms with Gasteiger partial charge in [-0.2, -0.15) is 5.10 Å². The highest BCUT2D eigenvalue weighted by molar-refractivity contribution is 5.80. The van der Waals surface area contributed by atoms with Crippen molar-refractivity contribution in [1.29, 1.82) is 0 Å². The van der Waals surface area contributed by atoms with Crippen molar-refractivity contribution in [3.05, 3.63) is 18.0 Å². The van der Waals surface area contributed by atoms with E-state index < -0.39 is 0 Å². The predicted octanol–water partition coefficient (Wildman–Crippen LogP) is 2.16. The second-order valence-corrected chi connectivity index (χ2v) is 5.30. The maximum absolute atomic E-state index is 11.8. The summed E-state index contributed by atoms with van der Waals surface area (Å²) in [6.45, 7) is 1.57. The van der Waals surface area contributed by atoms with E-state index in [-0.39, 0.29) is 5.78 Å². The highest BCUT2D eigenvalue weighted by Gasteiger charge is 2.17. The highest BCUT2D eigenvalue weighted by Crippen LogP contribution is 2.28. The van der Waals surface area contributed by atoms with Crippen LogP contribution < -0.4 is 0 Å². The summed E-state index contributed by atoms with van der Waals surface area (Å²) < 4.78 is 12.2. The molecule has 1 aromatic heterocycles. The molecular formula is C15H24N2O3. The number of hydrogen-bond donors (Lipinski definition) is 0. The zero-order valence-electron chi connectivity index (χ0n) is 12.2. The number of Topliss-reactive ketones (excluding diaryl/α,β-unsaturated/α-hetero) is 1. The van der Waals surface area contributed by atoms with Crippen molar-refractivity contribution in [2.45, 2.75) is 44.6 Å². The monoisotopic (exact) mass is 280 g/mol. The normalized spacial score (nSPS) is 15.8. The molecule has 0 unspecified atom stereocenters. The van der Waals surface area contributed by atoms with Gasteiger partial charge in [0.05, 0.1) is 38.0 Å². The lowest BCUT2D eigenvalue weighted by atomic mass is 10.2. The molecule has 0 N–H and O–H groups in total. The number of rotatable bonds is 9.